The largest absolute Gasteiger partial charge is 0.451 e. The molecule has 0 bridgehead atoms. The number of esters is 1. The highest BCUT2D eigenvalue weighted by Crippen LogP contribution is 2.39. The molecular formula is C23H20FIN4O5. The fourth-order valence-corrected chi connectivity index (χ4v) is 4.08. The van der Waals surface area contributed by atoms with Crippen LogP contribution in [-0.2, 0) is 9.47 Å². The minimum Gasteiger partial charge on any atom is -0.451 e. The molecule has 1 aromatic heterocycles. The van der Waals surface area contributed by atoms with E-state index in [0.29, 0.717) is 5.56 Å². The monoisotopic (exact) mass is 578 g/mol. The van der Waals surface area contributed by atoms with E-state index in [-0.39, 0.29) is 15.8 Å². The molecule has 4 atom stereocenters. The highest BCUT2D eigenvalue weighted by Gasteiger charge is 2.56. The summed E-state index contributed by atoms with van der Waals surface area (Å²) in [6.45, 7) is 0. The first-order valence-corrected chi connectivity index (χ1v) is 11.7. The van der Waals surface area contributed by atoms with Gasteiger partial charge in [0.25, 0.3) is 5.91 Å². The molecule has 0 spiro atoms. The number of hydrogen-bond acceptors (Lipinski definition) is 7. The molecule has 1 amide bonds. The number of alkyl halides is 2. The van der Waals surface area contributed by atoms with Crippen LogP contribution in [0.3, 0.4) is 0 Å². The van der Waals surface area contributed by atoms with Gasteiger partial charge in [-0.15, -0.1) is 0 Å². The molecule has 0 radical (unpaired) electrons. The molecule has 176 valence electrons. The van der Waals surface area contributed by atoms with Crippen LogP contribution in [0.4, 0.5) is 10.2 Å². The van der Waals surface area contributed by atoms with Crippen molar-refractivity contribution >= 4 is 40.3 Å². The Kier molecular flexibility index (Phi) is 7.05. The molecule has 3 aromatic rings. The van der Waals surface area contributed by atoms with Gasteiger partial charge in [-0.05, 0) is 30.3 Å². The van der Waals surface area contributed by atoms with Crippen molar-refractivity contribution in [1.82, 2.24) is 9.55 Å². The van der Waals surface area contributed by atoms with E-state index in [1.54, 1.807) is 48.5 Å². The number of nitrogens with zero attached hydrogens (tertiary/aromatic N) is 2. The van der Waals surface area contributed by atoms with E-state index in [0.717, 1.165) is 4.57 Å². The van der Waals surface area contributed by atoms with Crippen LogP contribution in [0.25, 0.3) is 0 Å². The van der Waals surface area contributed by atoms with E-state index in [9.17, 15) is 14.4 Å². The van der Waals surface area contributed by atoms with Crippen molar-refractivity contribution in [2.24, 2.45) is 5.73 Å². The lowest BCUT2D eigenvalue weighted by atomic mass is 10.1. The average Bonchev–Trinajstić information content (AvgIpc) is 3.10. The van der Waals surface area contributed by atoms with E-state index in [2.05, 4.69) is 10.3 Å². The van der Waals surface area contributed by atoms with Gasteiger partial charge in [0.15, 0.2) is 24.2 Å². The lowest BCUT2D eigenvalue weighted by Gasteiger charge is -2.27. The van der Waals surface area contributed by atoms with Crippen molar-refractivity contribution in [3.8, 4) is 0 Å². The smallest absolute Gasteiger partial charge is 0.351 e. The van der Waals surface area contributed by atoms with Crippen LogP contribution < -0.4 is 16.7 Å². The number of hydrogen-bond donors (Lipinski definition) is 2. The van der Waals surface area contributed by atoms with Crippen molar-refractivity contribution in [3.63, 3.8) is 0 Å². The van der Waals surface area contributed by atoms with Gasteiger partial charge in [0, 0.05) is 16.2 Å². The number of carbonyl (C=O) groups is 2. The summed E-state index contributed by atoms with van der Waals surface area (Å²) in [5.74, 6) is -1.23. The lowest BCUT2D eigenvalue weighted by Crippen LogP contribution is -2.54. The van der Waals surface area contributed by atoms with E-state index < -0.39 is 41.8 Å². The SMILES string of the molecule is N[C@]1(CI)O[C@@H](n2ccc(NC(=O)c3ccccc3)nc2=O)[C@H](F)[C@@H]1OC(=O)c1ccccc1. The molecule has 0 saturated carbocycles. The van der Waals surface area contributed by atoms with E-state index >= 15 is 4.39 Å². The van der Waals surface area contributed by atoms with E-state index in [1.807, 2.05) is 22.6 Å². The third-order valence-electron chi connectivity index (χ3n) is 5.22. The first-order chi connectivity index (χ1) is 16.3. The van der Waals surface area contributed by atoms with Gasteiger partial charge in [-0.1, -0.05) is 59.0 Å². The van der Waals surface area contributed by atoms with Gasteiger partial charge < -0.3 is 14.8 Å². The number of carbonyl (C=O) groups excluding carboxylic acids is 2. The summed E-state index contributed by atoms with van der Waals surface area (Å²) in [6.07, 6.45) is -3.65. The number of aromatic nitrogens is 2. The van der Waals surface area contributed by atoms with Gasteiger partial charge in [-0.2, -0.15) is 4.98 Å². The fourth-order valence-electron chi connectivity index (χ4n) is 3.47. The molecule has 0 unspecified atom stereocenters. The maximum Gasteiger partial charge on any atom is 0.351 e. The van der Waals surface area contributed by atoms with Crippen LogP contribution in [0.15, 0.2) is 77.7 Å². The zero-order valence-electron chi connectivity index (χ0n) is 17.6. The molecule has 1 fully saturated rings. The Morgan fingerprint density at radius 2 is 1.74 bits per heavy atom. The van der Waals surface area contributed by atoms with Crippen LogP contribution >= 0.6 is 22.6 Å². The highest BCUT2D eigenvalue weighted by atomic mass is 127. The first kappa shape index (κ1) is 24.0. The molecular weight excluding hydrogens is 558 g/mol. The molecule has 0 aliphatic carbocycles. The normalized spacial score (nSPS) is 23.9. The van der Waals surface area contributed by atoms with Gasteiger partial charge in [-0.25, -0.2) is 14.0 Å². The van der Waals surface area contributed by atoms with Crippen molar-refractivity contribution in [2.45, 2.75) is 24.2 Å². The van der Waals surface area contributed by atoms with Crippen molar-refractivity contribution < 1.29 is 23.5 Å². The van der Waals surface area contributed by atoms with E-state index in [4.69, 9.17) is 15.2 Å². The number of rotatable bonds is 6. The van der Waals surface area contributed by atoms with Crippen LogP contribution in [0.1, 0.15) is 26.9 Å². The Bertz CT molecular complexity index is 1240. The topological polar surface area (TPSA) is 126 Å². The van der Waals surface area contributed by atoms with Gasteiger partial charge in [0.2, 0.25) is 0 Å². The summed E-state index contributed by atoms with van der Waals surface area (Å²) >= 11 is 1.90. The van der Waals surface area contributed by atoms with Crippen molar-refractivity contribution in [1.29, 1.82) is 0 Å². The number of nitrogens with two attached hydrogens (primary N) is 1. The van der Waals surface area contributed by atoms with Gasteiger partial charge in [-0.3, -0.25) is 15.1 Å². The van der Waals surface area contributed by atoms with Crippen LogP contribution in [-0.4, -0.2) is 43.9 Å². The summed E-state index contributed by atoms with van der Waals surface area (Å²) in [7, 11) is 0. The maximum absolute atomic E-state index is 15.5. The second kappa shape index (κ2) is 9.99. The molecule has 2 heterocycles. The predicted molar refractivity (Wildman–Crippen MR) is 129 cm³/mol. The minimum atomic E-state index is -1.95. The number of nitrogens with one attached hydrogen (secondary N) is 1. The Balaban J connectivity index is 1.54. The number of amides is 1. The summed E-state index contributed by atoms with van der Waals surface area (Å²) in [5, 5.41) is 2.52. The molecule has 1 saturated heterocycles. The van der Waals surface area contributed by atoms with Crippen LogP contribution in [0.5, 0.6) is 0 Å². The van der Waals surface area contributed by atoms with Crippen LogP contribution in [0, 0.1) is 0 Å². The summed E-state index contributed by atoms with van der Waals surface area (Å²) in [5.41, 5.74) is 4.29. The molecule has 3 N–H and O–H groups in total. The standard InChI is InChI=1S/C23H20FIN4O5/c24-17-18(33-21(31)15-9-5-2-6-10-15)23(26,13-25)34-20(17)29-12-11-16(28-22(29)32)27-19(30)14-7-3-1-4-8-14/h1-12,17-18,20H,13,26H2,(H,27,28,30,32)/t17-,18+,20-,23-/m1/s1. The van der Waals surface area contributed by atoms with E-state index in [1.165, 1.54) is 24.4 Å². The quantitative estimate of drug-likeness (QED) is 0.262. The second-order valence-corrected chi connectivity index (χ2v) is 8.32. The zero-order chi connectivity index (χ0) is 24.3. The zero-order valence-corrected chi connectivity index (χ0v) is 19.8. The summed E-state index contributed by atoms with van der Waals surface area (Å²) in [4.78, 5) is 41.2. The Morgan fingerprint density at radius 3 is 2.32 bits per heavy atom. The number of anilines is 1. The lowest BCUT2D eigenvalue weighted by molar-refractivity contribution is -0.0876. The van der Waals surface area contributed by atoms with Gasteiger partial charge in [0.05, 0.1) is 5.56 Å². The molecule has 4 rings (SSSR count). The predicted octanol–water partition coefficient (Wildman–Crippen LogP) is 2.68. The molecule has 9 nitrogen and oxygen atoms in total. The Morgan fingerprint density at radius 1 is 1.12 bits per heavy atom. The second-order valence-electron chi connectivity index (χ2n) is 7.56. The van der Waals surface area contributed by atoms with Gasteiger partial charge in [0.1, 0.15) is 5.82 Å². The fraction of sp³-hybridized carbons (Fsp3) is 0.217. The number of ether oxygens (including phenoxy) is 2. The number of halogens is 2. The highest BCUT2D eigenvalue weighted by molar-refractivity contribution is 14.1. The van der Waals surface area contributed by atoms with Gasteiger partial charge >= 0.3 is 11.7 Å². The molecule has 2 aromatic carbocycles. The third kappa shape index (κ3) is 4.86. The van der Waals surface area contributed by atoms with Crippen LogP contribution in [0.2, 0.25) is 0 Å². The minimum absolute atomic E-state index is 0.0107. The molecule has 1 aliphatic rings. The first-order valence-electron chi connectivity index (χ1n) is 10.2. The Hall–Kier alpha value is -3.16. The number of benzene rings is 2. The van der Waals surface area contributed by atoms with Crippen molar-refractivity contribution in [2.75, 3.05) is 9.74 Å². The summed E-state index contributed by atoms with van der Waals surface area (Å²) < 4.78 is 27.5. The molecule has 11 heteroatoms. The van der Waals surface area contributed by atoms with Crippen molar-refractivity contribution in [3.05, 3.63) is 94.5 Å². The average molecular weight is 578 g/mol. The summed E-state index contributed by atoms with van der Waals surface area (Å²) in [6, 6.07) is 17.8. The maximum atomic E-state index is 15.5. The third-order valence-corrected chi connectivity index (χ3v) is 6.41. The molecule has 34 heavy (non-hydrogen) atoms. The molecule has 1 aliphatic heterocycles. The Labute approximate surface area is 207 Å².